The van der Waals surface area contributed by atoms with Crippen LogP contribution in [0, 0.1) is 5.82 Å². The summed E-state index contributed by atoms with van der Waals surface area (Å²) in [6, 6.07) is 5.59. The van der Waals surface area contributed by atoms with Gasteiger partial charge in [-0.15, -0.1) is 0 Å². The van der Waals surface area contributed by atoms with Crippen LogP contribution in [0.25, 0.3) is 0 Å². The second kappa shape index (κ2) is 6.01. The van der Waals surface area contributed by atoms with E-state index in [1.54, 1.807) is 23.1 Å². The number of halogens is 1. The van der Waals surface area contributed by atoms with Crippen molar-refractivity contribution >= 4 is 6.09 Å². The van der Waals surface area contributed by atoms with Gasteiger partial charge < -0.3 is 14.6 Å². The van der Waals surface area contributed by atoms with Gasteiger partial charge in [0.1, 0.15) is 11.4 Å². The number of hydrogen-bond acceptors (Lipinski definition) is 4. The summed E-state index contributed by atoms with van der Waals surface area (Å²) < 4.78 is 25.2. The first kappa shape index (κ1) is 17.2. The van der Waals surface area contributed by atoms with Gasteiger partial charge in [0, 0.05) is 18.4 Å². The molecule has 0 aromatic heterocycles. The topological polar surface area (TPSA) is 59.0 Å². The molecule has 24 heavy (non-hydrogen) atoms. The summed E-state index contributed by atoms with van der Waals surface area (Å²) >= 11 is 0. The molecule has 1 aromatic rings. The third-order valence-corrected chi connectivity index (χ3v) is 4.53. The van der Waals surface area contributed by atoms with Gasteiger partial charge in [-0.05, 0) is 26.8 Å². The summed E-state index contributed by atoms with van der Waals surface area (Å²) in [6.45, 7) is 6.07. The lowest BCUT2D eigenvalue weighted by molar-refractivity contribution is -0.142. The third kappa shape index (κ3) is 3.26. The molecule has 2 aliphatic rings. The molecule has 2 fully saturated rings. The van der Waals surface area contributed by atoms with E-state index >= 15 is 0 Å². The van der Waals surface area contributed by atoms with Gasteiger partial charge in [-0.2, -0.15) is 0 Å². The van der Waals surface area contributed by atoms with E-state index in [4.69, 9.17) is 9.47 Å². The standard InChI is InChI=1S/C18H24FNO4/c1-17(2,3)24-16(21)20-12-8-18(22,9-13(20)11-23-10-12)14-6-4-5-7-15(14)19/h4-7,12-13,22H,8-11H2,1-3H3. The first-order valence-electron chi connectivity index (χ1n) is 8.26. The maximum atomic E-state index is 14.2. The molecule has 6 heteroatoms. The van der Waals surface area contributed by atoms with E-state index in [0.717, 1.165) is 0 Å². The van der Waals surface area contributed by atoms with Crippen molar-refractivity contribution in [3.8, 4) is 0 Å². The SMILES string of the molecule is CC(C)(C)OC(=O)N1C2COCC1CC(O)(c1ccccc1F)C2. The zero-order chi connectivity index (χ0) is 17.5. The average Bonchev–Trinajstić information content (AvgIpc) is 2.44. The largest absolute Gasteiger partial charge is 0.444 e. The highest BCUT2D eigenvalue weighted by Gasteiger charge is 2.50. The van der Waals surface area contributed by atoms with E-state index in [2.05, 4.69) is 0 Å². The summed E-state index contributed by atoms with van der Waals surface area (Å²) in [6.07, 6.45) is 0.0456. The molecule has 3 rings (SSSR count). The summed E-state index contributed by atoms with van der Waals surface area (Å²) in [5.74, 6) is -0.426. The minimum absolute atomic E-state index is 0.226. The second-order valence-corrected chi connectivity index (χ2v) is 7.65. The van der Waals surface area contributed by atoms with Crippen LogP contribution in [-0.4, -0.2) is 47.0 Å². The van der Waals surface area contributed by atoms with E-state index in [9.17, 15) is 14.3 Å². The van der Waals surface area contributed by atoms with Crippen molar-refractivity contribution in [2.24, 2.45) is 0 Å². The summed E-state index contributed by atoms with van der Waals surface area (Å²) in [7, 11) is 0. The zero-order valence-electron chi connectivity index (χ0n) is 14.3. The van der Waals surface area contributed by atoms with Crippen LogP contribution in [0.3, 0.4) is 0 Å². The molecule has 2 atom stereocenters. The summed E-state index contributed by atoms with van der Waals surface area (Å²) in [5, 5.41) is 11.1. The fourth-order valence-electron chi connectivity index (χ4n) is 3.65. The molecule has 0 spiro atoms. The quantitative estimate of drug-likeness (QED) is 0.856. The Hall–Kier alpha value is -1.66. The lowest BCUT2D eigenvalue weighted by atomic mass is 9.77. The first-order chi connectivity index (χ1) is 11.2. The maximum Gasteiger partial charge on any atom is 0.410 e. The summed E-state index contributed by atoms with van der Waals surface area (Å²) in [5.41, 5.74) is -1.61. The molecular formula is C18H24FNO4. The van der Waals surface area contributed by atoms with Crippen LogP contribution in [0.1, 0.15) is 39.2 Å². The van der Waals surface area contributed by atoms with Gasteiger partial charge in [-0.3, -0.25) is 4.90 Å². The first-order valence-corrected chi connectivity index (χ1v) is 8.26. The number of piperidine rings is 1. The highest BCUT2D eigenvalue weighted by atomic mass is 19.1. The number of carbonyl (C=O) groups excluding carboxylic acids is 1. The van der Waals surface area contributed by atoms with Crippen LogP contribution in [0.4, 0.5) is 9.18 Å². The Labute approximate surface area is 141 Å². The van der Waals surface area contributed by atoms with E-state index in [1.165, 1.54) is 6.07 Å². The van der Waals surface area contributed by atoms with Gasteiger partial charge in [0.05, 0.1) is 30.9 Å². The number of nitrogens with zero attached hydrogens (tertiary/aromatic N) is 1. The molecule has 2 unspecified atom stereocenters. The number of fused-ring (bicyclic) bond motifs is 2. The average molecular weight is 337 g/mol. The van der Waals surface area contributed by atoms with Crippen molar-refractivity contribution in [2.75, 3.05) is 13.2 Å². The normalized spacial score (nSPS) is 30.1. The van der Waals surface area contributed by atoms with Gasteiger partial charge in [0.25, 0.3) is 0 Å². The van der Waals surface area contributed by atoms with Crippen LogP contribution < -0.4 is 0 Å². The second-order valence-electron chi connectivity index (χ2n) is 7.65. The number of morpholine rings is 1. The molecule has 5 nitrogen and oxygen atoms in total. The number of benzene rings is 1. The fourth-order valence-corrected chi connectivity index (χ4v) is 3.65. The highest BCUT2D eigenvalue weighted by molar-refractivity contribution is 5.69. The summed E-state index contributed by atoms with van der Waals surface area (Å²) in [4.78, 5) is 14.2. The molecule has 0 saturated carbocycles. The monoisotopic (exact) mass is 337 g/mol. The Bertz CT molecular complexity index is 614. The van der Waals surface area contributed by atoms with Crippen molar-refractivity contribution in [3.63, 3.8) is 0 Å². The van der Waals surface area contributed by atoms with Gasteiger partial charge in [0.15, 0.2) is 0 Å². The predicted molar refractivity (Wildman–Crippen MR) is 86.0 cm³/mol. The molecule has 0 aliphatic carbocycles. The van der Waals surface area contributed by atoms with Crippen LogP contribution in [0.15, 0.2) is 24.3 Å². The third-order valence-electron chi connectivity index (χ3n) is 4.53. The van der Waals surface area contributed by atoms with Crippen molar-refractivity contribution < 1.29 is 23.8 Å². The molecule has 1 amide bonds. The molecule has 2 saturated heterocycles. The van der Waals surface area contributed by atoms with E-state index in [0.29, 0.717) is 13.2 Å². The number of amides is 1. The molecule has 1 aromatic carbocycles. The van der Waals surface area contributed by atoms with E-state index < -0.39 is 23.1 Å². The Morgan fingerprint density at radius 3 is 2.42 bits per heavy atom. The van der Waals surface area contributed by atoms with Crippen LogP contribution in [-0.2, 0) is 15.1 Å². The van der Waals surface area contributed by atoms with Crippen LogP contribution >= 0.6 is 0 Å². The highest BCUT2D eigenvalue weighted by Crippen LogP contribution is 2.42. The van der Waals surface area contributed by atoms with Gasteiger partial charge in [0.2, 0.25) is 0 Å². The van der Waals surface area contributed by atoms with Gasteiger partial charge in [-0.1, -0.05) is 18.2 Å². The molecule has 2 aliphatic heterocycles. The van der Waals surface area contributed by atoms with E-state index in [1.807, 2.05) is 20.8 Å². The molecule has 2 bridgehead atoms. The minimum Gasteiger partial charge on any atom is -0.444 e. The number of rotatable bonds is 1. The Kier molecular flexibility index (Phi) is 4.30. The Morgan fingerprint density at radius 2 is 1.88 bits per heavy atom. The minimum atomic E-state index is -1.30. The molecule has 2 heterocycles. The fraction of sp³-hybridized carbons (Fsp3) is 0.611. The van der Waals surface area contributed by atoms with Crippen molar-refractivity contribution in [3.05, 3.63) is 35.6 Å². The number of hydrogen-bond donors (Lipinski definition) is 1. The number of aliphatic hydroxyl groups is 1. The molecule has 1 N–H and O–H groups in total. The van der Waals surface area contributed by atoms with Gasteiger partial charge >= 0.3 is 6.09 Å². The smallest absolute Gasteiger partial charge is 0.410 e. The van der Waals surface area contributed by atoms with Crippen molar-refractivity contribution in [1.82, 2.24) is 4.90 Å². The van der Waals surface area contributed by atoms with Gasteiger partial charge in [-0.25, -0.2) is 9.18 Å². The zero-order valence-corrected chi connectivity index (χ0v) is 14.3. The van der Waals surface area contributed by atoms with Crippen molar-refractivity contribution in [2.45, 2.75) is 56.9 Å². The molecule has 132 valence electrons. The molecule has 0 radical (unpaired) electrons. The van der Waals surface area contributed by atoms with E-state index in [-0.39, 0.29) is 30.5 Å². The predicted octanol–water partition coefficient (Wildman–Crippen LogP) is 2.81. The Balaban J connectivity index is 1.86. The van der Waals surface area contributed by atoms with Crippen LogP contribution in [0.2, 0.25) is 0 Å². The Morgan fingerprint density at radius 1 is 1.29 bits per heavy atom. The number of carbonyl (C=O) groups is 1. The molecular weight excluding hydrogens is 313 g/mol. The maximum absolute atomic E-state index is 14.2. The lowest BCUT2D eigenvalue weighted by Crippen LogP contribution is -2.63. The van der Waals surface area contributed by atoms with Crippen molar-refractivity contribution in [1.29, 1.82) is 0 Å². The number of ether oxygens (including phenoxy) is 2. The lowest BCUT2D eigenvalue weighted by Gasteiger charge is -2.51. The van der Waals surface area contributed by atoms with Crippen LogP contribution in [0.5, 0.6) is 0 Å².